The van der Waals surface area contributed by atoms with Crippen molar-refractivity contribution in [1.29, 1.82) is 0 Å². The summed E-state index contributed by atoms with van der Waals surface area (Å²) in [5.74, 6) is -0.370. The number of hydrogen-bond acceptors (Lipinski definition) is 3. The number of carbonyl (C=O) groups excluding carboxylic acids is 1. The van der Waals surface area contributed by atoms with Gasteiger partial charge in [0.2, 0.25) is 0 Å². The number of rotatable bonds is 15. The molecule has 0 aromatic carbocycles. The highest BCUT2D eigenvalue weighted by Gasteiger charge is 2.13. The second-order valence-electron chi connectivity index (χ2n) is 6.11. The van der Waals surface area contributed by atoms with Crippen molar-refractivity contribution >= 4 is 11.9 Å². The van der Waals surface area contributed by atoms with Crippen molar-refractivity contribution in [2.24, 2.45) is 5.92 Å². The maximum atomic E-state index is 11.8. The van der Waals surface area contributed by atoms with Crippen molar-refractivity contribution in [3.05, 3.63) is 0 Å². The van der Waals surface area contributed by atoms with E-state index in [9.17, 15) is 9.59 Å². The highest BCUT2D eigenvalue weighted by molar-refractivity contribution is 5.69. The van der Waals surface area contributed by atoms with Crippen molar-refractivity contribution in [2.75, 3.05) is 6.61 Å². The molecule has 0 fully saturated rings. The highest BCUT2D eigenvalue weighted by atomic mass is 16.5. The van der Waals surface area contributed by atoms with Crippen LogP contribution >= 0.6 is 0 Å². The molecule has 0 radical (unpaired) electrons. The molecule has 0 amide bonds. The Morgan fingerprint density at radius 2 is 1.64 bits per heavy atom. The van der Waals surface area contributed by atoms with E-state index >= 15 is 0 Å². The van der Waals surface area contributed by atoms with Crippen molar-refractivity contribution in [2.45, 2.75) is 90.9 Å². The largest absolute Gasteiger partial charge is 0.481 e. The normalized spacial score (nSPS) is 12.1. The number of carboxylic acids is 1. The topological polar surface area (TPSA) is 63.6 Å². The number of carboxylic acid groups (broad SMARTS) is 1. The van der Waals surface area contributed by atoms with Gasteiger partial charge < -0.3 is 9.84 Å². The van der Waals surface area contributed by atoms with Gasteiger partial charge in [-0.1, -0.05) is 58.8 Å². The Balaban J connectivity index is 3.59. The van der Waals surface area contributed by atoms with Gasteiger partial charge in [-0.3, -0.25) is 9.59 Å². The van der Waals surface area contributed by atoms with E-state index in [4.69, 9.17) is 9.84 Å². The number of unbranched alkanes of at least 4 members (excludes halogenated alkanes) is 6. The van der Waals surface area contributed by atoms with Gasteiger partial charge in [-0.25, -0.2) is 0 Å². The number of esters is 1. The molecule has 1 N–H and O–H groups in total. The fourth-order valence-corrected chi connectivity index (χ4v) is 2.52. The first-order valence-electron chi connectivity index (χ1n) is 8.97. The monoisotopic (exact) mass is 314 g/mol. The van der Waals surface area contributed by atoms with Gasteiger partial charge in [-0.2, -0.15) is 0 Å². The Morgan fingerprint density at radius 1 is 0.955 bits per heavy atom. The molecular weight excluding hydrogens is 280 g/mol. The van der Waals surface area contributed by atoms with Crippen LogP contribution < -0.4 is 0 Å². The van der Waals surface area contributed by atoms with Crippen LogP contribution in [0.5, 0.6) is 0 Å². The van der Waals surface area contributed by atoms with E-state index in [2.05, 4.69) is 13.8 Å². The van der Waals surface area contributed by atoms with Gasteiger partial charge in [0, 0.05) is 12.8 Å². The maximum Gasteiger partial charge on any atom is 0.306 e. The number of ether oxygens (including phenoxy) is 1. The van der Waals surface area contributed by atoms with Gasteiger partial charge >= 0.3 is 11.9 Å². The lowest BCUT2D eigenvalue weighted by atomic mass is 9.95. The van der Waals surface area contributed by atoms with E-state index in [1.807, 2.05) is 0 Å². The number of carbonyl (C=O) groups is 2. The van der Waals surface area contributed by atoms with Crippen LogP contribution in [0, 0.1) is 5.92 Å². The quantitative estimate of drug-likeness (QED) is 0.343. The van der Waals surface area contributed by atoms with Gasteiger partial charge in [0.15, 0.2) is 0 Å². The second-order valence-corrected chi connectivity index (χ2v) is 6.11. The molecule has 0 spiro atoms. The molecule has 1 atom stereocenters. The summed E-state index contributed by atoms with van der Waals surface area (Å²) in [7, 11) is 0. The molecular formula is C18H34O4. The van der Waals surface area contributed by atoms with E-state index in [0.717, 1.165) is 51.4 Å². The summed E-state index contributed by atoms with van der Waals surface area (Å²) in [6, 6.07) is 0. The molecule has 4 nitrogen and oxygen atoms in total. The Hall–Kier alpha value is -1.06. The molecule has 0 aromatic heterocycles. The molecule has 4 heteroatoms. The first-order chi connectivity index (χ1) is 10.6. The lowest BCUT2D eigenvalue weighted by molar-refractivity contribution is -0.145. The first kappa shape index (κ1) is 20.9. The minimum absolute atomic E-state index is 0.0609. The number of aliphatic carboxylic acids is 1. The summed E-state index contributed by atoms with van der Waals surface area (Å²) in [6.07, 6.45) is 11.2. The molecule has 0 saturated carbocycles. The minimum Gasteiger partial charge on any atom is -0.481 e. The summed E-state index contributed by atoms with van der Waals surface area (Å²) in [5, 5.41) is 8.56. The average Bonchev–Trinajstić information content (AvgIpc) is 2.49. The Kier molecular flexibility index (Phi) is 14.1. The zero-order valence-corrected chi connectivity index (χ0v) is 14.4. The third-order valence-corrected chi connectivity index (χ3v) is 4.05. The molecule has 0 bridgehead atoms. The van der Waals surface area contributed by atoms with Crippen LogP contribution in [0.4, 0.5) is 0 Å². The predicted molar refractivity (Wildman–Crippen MR) is 88.8 cm³/mol. The van der Waals surface area contributed by atoms with E-state index < -0.39 is 5.97 Å². The third kappa shape index (κ3) is 13.9. The zero-order chi connectivity index (χ0) is 16.6. The second kappa shape index (κ2) is 14.9. The first-order valence-corrected chi connectivity index (χ1v) is 8.97. The highest BCUT2D eigenvalue weighted by Crippen LogP contribution is 2.19. The van der Waals surface area contributed by atoms with Crippen molar-refractivity contribution in [3.63, 3.8) is 0 Å². The predicted octanol–water partition coefficient (Wildman–Crippen LogP) is 4.95. The smallest absolute Gasteiger partial charge is 0.306 e. The molecule has 130 valence electrons. The van der Waals surface area contributed by atoms with Crippen LogP contribution in [0.25, 0.3) is 0 Å². The molecule has 0 rings (SSSR count). The molecule has 0 aromatic rings. The number of hydrogen-bond donors (Lipinski definition) is 1. The van der Waals surface area contributed by atoms with E-state index in [0.29, 0.717) is 18.9 Å². The third-order valence-electron chi connectivity index (χ3n) is 4.05. The van der Waals surface area contributed by atoms with Crippen molar-refractivity contribution in [3.8, 4) is 0 Å². The molecule has 0 aliphatic carbocycles. The van der Waals surface area contributed by atoms with Crippen LogP contribution in [-0.4, -0.2) is 23.7 Å². The van der Waals surface area contributed by atoms with Gasteiger partial charge in [0.05, 0.1) is 6.61 Å². The van der Waals surface area contributed by atoms with Crippen LogP contribution in [0.15, 0.2) is 0 Å². The summed E-state index contributed by atoms with van der Waals surface area (Å²) in [4.78, 5) is 22.2. The molecule has 0 aliphatic rings. The van der Waals surface area contributed by atoms with Crippen LogP contribution in [0.2, 0.25) is 0 Å². The van der Waals surface area contributed by atoms with Gasteiger partial charge in [0.1, 0.15) is 0 Å². The van der Waals surface area contributed by atoms with Crippen molar-refractivity contribution < 1.29 is 19.4 Å². The maximum absolute atomic E-state index is 11.8. The fourth-order valence-electron chi connectivity index (χ4n) is 2.52. The molecule has 1 unspecified atom stereocenters. The SMILES string of the molecule is CCCCCCOC(=O)CC(CC)CCCCCCC(=O)O. The fraction of sp³-hybridized carbons (Fsp3) is 0.889. The summed E-state index contributed by atoms with van der Waals surface area (Å²) in [6.45, 7) is 4.84. The summed E-state index contributed by atoms with van der Waals surface area (Å²) < 4.78 is 5.29. The van der Waals surface area contributed by atoms with Gasteiger partial charge in [-0.15, -0.1) is 0 Å². The van der Waals surface area contributed by atoms with Gasteiger partial charge in [0.25, 0.3) is 0 Å². The van der Waals surface area contributed by atoms with Gasteiger partial charge in [-0.05, 0) is 25.2 Å². The summed E-state index contributed by atoms with van der Waals surface area (Å²) in [5.41, 5.74) is 0. The Labute approximate surface area is 135 Å². The summed E-state index contributed by atoms with van der Waals surface area (Å²) >= 11 is 0. The molecule has 0 heterocycles. The molecule has 0 saturated heterocycles. The van der Waals surface area contributed by atoms with E-state index in [1.165, 1.54) is 12.8 Å². The average molecular weight is 314 g/mol. The van der Waals surface area contributed by atoms with Crippen LogP contribution in [0.1, 0.15) is 90.9 Å². The lowest BCUT2D eigenvalue weighted by Crippen LogP contribution is -2.12. The molecule has 22 heavy (non-hydrogen) atoms. The Bertz CT molecular complexity index is 289. The minimum atomic E-state index is -0.715. The van der Waals surface area contributed by atoms with Crippen molar-refractivity contribution in [1.82, 2.24) is 0 Å². The van der Waals surface area contributed by atoms with E-state index in [-0.39, 0.29) is 12.4 Å². The van der Waals surface area contributed by atoms with Crippen LogP contribution in [0.3, 0.4) is 0 Å². The van der Waals surface area contributed by atoms with E-state index in [1.54, 1.807) is 0 Å². The standard InChI is InChI=1S/C18H34O4/c1-3-5-6-11-14-22-18(21)15-16(4-2)12-9-7-8-10-13-17(19)20/h16H,3-15H2,1-2H3,(H,19,20). The lowest BCUT2D eigenvalue weighted by Gasteiger charge is -2.14. The molecule has 0 aliphatic heterocycles. The Morgan fingerprint density at radius 3 is 2.27 bits per heavy atom. The zero-order valence-electron chi connectivity index (χ0n) is 14.4. The van der Waals surface area contributed by atoms with Crippen LogP contribution in [-0.2, 0) is 14.3 Å².